The van der Waals surface area contributed by atoms with E-state index in [0.717, 1.165) is 19.4 Å². The predicted molar refractivity (Wildman–Crippen MR) is 64.9 cm³/mol. The van der Waals surface area contributed by atoms with Crippen LogP contribution in [0.4, 0.5) is 0 Å². The molecule has 1 fully saturated rings. The van der Waals surface area contributed by atoms with Crippen LogP contribution in [0.25, 0.3) is 0 Å². The molecule has 0 radical (unpaired) electrons. The van der Waals surface area contributed by atoms with Gasteiger partial charge in [-0.2, -0.15) is 0 Å². The first-order valence-corrected chi connectivity index (χ1v) is 6.10. The van der Waals surface area contributed by atoms with E-state index in [1.54, 1.807) is 0 Å². The molecule has 0 aliphatic heterocycles. The minimum absolute atomic E-state index is 0.0556. The molecule has 0 aromatic carbocycles. The molecule has 2 heteroatoms. The van der Waals surface area contributed by atoms with Crippen LogP contribution in [0.1, 0.15) is 53.9 Å². The van der Waals surface area contributed by atoms with E-state index in [1.807, 2.05) is 0 Å². The van der Waals surface area contributed by atoms with E-state index in [0.29, 0.717) is 10.8 Å². The van der Waals surface area contributed by atoms with Gasteiger partial charge in [-0.3, -0.25) is 0 Å². The van der Waals surface area contributed by atoms with Gasteiger partial charge in [-0.15, -0.1) is 0 Å². The molecular formula is C13H27NO. The molecule has 1 aliphatic carbocycles. The highest BCUT2D eigenvalue weighted by molar-refractivity contribution is 5.02. The molecule has 0 atom stereocenters. The van der Waals surface area contributed by atoms with Crippen molar-refractivity contribution >= 4 is 0 Å². The first kappa shape index (κ1) is 13.0. The van der Waals surface area contributed by atoms with Gasteiger partial charge in [0, 0.05) is 5.54 Å². The lowest BCUT2D eigenvalue weighted by molar-refractivity contribution is -0.00207. The summed E-state index contributed by atoms with van der Waals surface area (Å²) in [4.78, 5) is 0. The van der Waals surface area contributed by atoms with Gasteiger partial charge in [0.1, 0.15) is 0 Å². The van der Waals surface area contributed by atoms with E-state index in [4.69, 9.17) is 0 Å². The zero-order valence-electron chi connectivity index (χ0n) is 11.0. The number of aliphatic hydroxyl groups excluding tert-OH is 1. The molecule has 90 valence electrons. The summed E-state index contributed by atoms with van der Waals surface area (Å²) in [5.74, 6) is 0. The highest BCUT2D eigenvalue weighted by atomic mass is 16.3. The average molecular weight is 213 g/mol. The number of hydrogen-bond donors (Lipinski definition) is 2. The third kappa shape index (κ3) is 3.18. The molecular weight excluding hydrogens is 186 g/mol. The van der Waals surface area contributed by atoms with E-state index in [1.165, 1.54) is 6.42 Å². The van der Waals surface area contributed by atoms with E-state index in [2.05, 4.69) is 39.9 Å². The Morgan fingerprint density at radius 3 is 1.80 bits per heavy atom. The van der Waals surface area contributed by atoms with Crippen LogP contribution in [0.15, 0.2) is 0 Å². The van der Waals surface area contributed by atoms with Crippen molar-refractivity contribution in [1.29, 1.82) is 0 Å². The van der Waals surface area contributed by atoms with Crippen molar-refractivity contribution in [2.24, 2.45) is 10.8 Å². The fraction of sp³-hybridized carbons (Fsp3) is 1.00. The fourth-order valence-electron chi connectivity index (χ4n) is 3.98. The smallest absolute Gasteiger partial charge is 0.0613 e. The number of rotatable bonds is 3. The Morgan fingerprint density at radius 1 is 1.00 bits per heavy atom. The second-order valence-electron chi connectivity index (χ2n) is 6.83. The Morgan fingerprint density at radius 2 is 1.47 bits per heavy atom. The van der Waals surface area contributed by atoms with Gasteiger partial charge >= 0.3 is 0 Å². The van der Waals surface area contributed by atoms with Crippen LogP contribution in [0.3, 0.4) is 0 Å². The maximum absolute atomic E-state index is 9.67. The molecule has 0 aromatic rings. The summed E-state index contributed by atoms with van der Waals surface area (Å²) < 4.78 is 0. The van der Waals surface area contributed by atoms with Gasteiger partial charge < -0.3 is 10.4 Å². The molecule has 0 aromatic heterocycles. The molecule has 0 spiro atoms. The van der Waals surface area contributed by atoms with Crippen molar-refractivity contribution in [3.05, 3.63) is 0 Å². The minimum atomic E-state index is -0.0556. The lowest BCUT2D eigenvalue weighted by Gasteiger charge is -2.51. The third-order valence-corrected chi connectivity index (χ3v) is 3.45. The minimum Gasteiger partial charge on any atom is -0.394 e. The molecule has 0 saturated heterocycles. The molecule has 1 rings (SSSR count). The summed E-state index contributed by atoms with van der Waals surface area (Å²) >= 11 is 0. The summed E-state index contributed by atoms with van der Waals surface area (Å²) in [5.41, 5.74) is 0.597. The van der Waals surface area contributed by atoms with Gasteiger partial charge in [-0.05, 0) is 36.6 Å². The number of likely N-dealkylation sites (N-methyl/N-ethyl adjacent to an activating group) is 1. The lowest BCUT2D eigenvalue weighted by Crippen LogP contribution is -2.57. The van der Waals surface area contributed by atoms with E-state index >= 15 is 0 Å². The van der Waals surface area contributed by atoms with Gasteiger partial charge in [-0.25, -0.2) is 0 Å². The molecule has 15 heavy (non-hydrogen) atoms. The SMILES string of the molecule is CCNC1(CO)CC(C)(C)CC(C)(C)C1. The van der Waals surface area contributed by atoms with Crippen LogP contribution in [-0.2, 0) is 0 Å². The van der Waals surface area contributed by atoms with Crippen molar-refractivity contribution in [3.8, 4) is 0 Å². The zero-order chi connectivity index (χ0) is 11.7. The van der Waals surface area contributed by atoms with Gasteiger partial charge in [0.25, 0.3) is 0 Å². The first-order chi connectivity index (χ1) is 6.74. The standard InChI is InChI=1S/C13H27NO/c1-6-14-13(10-15)8-11(2,3)7-12(4,5)9-13/h14-15H,6-10H2,1-5H3. The Hall–Kier alpha value is -0.0800. The van der Waals surface area contributed by atoms with Gasteiger partial charge in [0.05, 0.1) is 6.61 Å². The maximum Gasteiger partial charge on any atom is 0.0613 e. The van der Waals surface area contributed by atoms with Crippen molar-refractivity contribution < 1.29 is 5.11 Å². The summed E-state index contributed by atoms with van der Waals surface area (Å²) in [6, 6.07) is 0. The fourth-order valence-corrected chi connectivity index (χ4v) is 3.98. The van der Waals surface area contributed by atoms with E-state index < -0.39 is 0 Å². The number of nitrogens with one attached hydrogen (secondary N) is 1. The van der Waals surface area contributed by atoms with Gasteiger partial charge in [-0.1, -0.05) is 34.6 Å². The van der Waals surface area contributed by atoms with Crippen molar-refractivity contribution in [1.82, 2.24) is 5.32 Å². The number of hydrogen-bond acceptors (Lipinski definition) is 2. The van der Waals surface area contributed by atoms with Crippen LogP contribution in [-0.4, -0.2) is 23.8 Å². The second-order valence-corrected chi connectivity index (χ2v) is 6.83. The lowest BCUT2D eigenvalue weighted by atomic mass is 9.58. The van der Waals surface area contributed by atoms with E-state index in [-0.39, 0.29) is 12.1 Å². The monoisotopic (exact) mass is 213 g/mol. The zero-order valence-corrected chi connectivity index (χ0v) is 11.0. The van der Waals surface area contributed by atoms with Gasteiger partial charge in [0.2, 0.25) is 0 Å². The Labute approximate surface area is 94.5 Å². The van der Waals surface area contributed by atoms with E-state index in [9.17, 15) is 5.11 Å². The summed E-state index contributed by atoms with van der Waals surface area (Å²) in [7, 11) is 0. The van der Waals surface area contributed by atoms with Crippen molar-refractivity contribution in [2.75, 3.05) is 13.2 Å². The quantitative estimate of drug-likeness (QED) is 0.755. The molecule has 0 heterocycles. The van der Waals surface area contributed by atoms with Crippen molar-refractivity contribution in [3.63, 3.8) is 0 Å². The largest absolute Gasteiger partial charge is 0.394 e. The molecule has 0 amide bonds. The van der Waals surface area contributed by atoms with Crippen LogP contribution in [0.2, 0.25) is 0 Å². The van der Waals surface area contributed by atoms with Crippen LogP contribution < -0.4 is 5.32 Å². The average Bonchev–Trinajstić information content (AvgIpc) is 1.98. The van der Waals surface area contributed by atoms with Crippen LogP contribution >= 0.6 is 0 Å². The topological polar surface area (TPSA) is 32.3 Å². The van der Waals surface area contributed by atoms with Crippen molar-refractivity contribution in [2.45, 2.75) is 59.4 Å². The highest BCUT2D eigenvalue weighted by Crippen LogP contribution is 2.49. The van der Waals surface area contributed by atoms with Gasteiger partial charge in [0.15, 0.2) is 0 Å². The third-order valence-electron chi connectivity index (χ3n) is 3.45. The number of aliphatic hydroxyl groups is 1. The molecule has 1 aliphatic rings. The second kappa shape index (κ2) is 4.06. The van der Waals surface area contributed by atoms with Crippen LogP contribution in [0, 0.1) is 10.8 Å². The first-order valence-electron chi connectivity index (χ1n) is 6.10. The molecule has 0 bridgehead atoms. The molecule has 2 nitrogen and oxygen atoms in total. The Bertz CT molecular complexity index is 205. The molecule has 2 N–H and O–H groups in total. The maximum atomic E-state index is 9.67. The Balaban J connectivity index is 2.89. The molecule has 0 unspecified atom stereocenters. The highest BCUT2D eigenvalue weighted by Gasteiger charge is 2.46. The van der Waals surface area contributed by atoms with Crippen LogP contribution in [0.5, 0.6) is 0 Å². The summed E-state index contributed by atoms with van der Waals surface area (Å²) in [5, 5.41) is 13.2. The Kier molecular flexibility index (Phi) is 3.52. The summed E-state index contributed by atoms with van der Waals surface area (Å²) in [6.45, 7) is 12.6. The molecule has 1 saturated carbocycles. The predicted octanol–water partition coefficient (Wildman–Crippen LogP) is 2.56. The summed E-state index contributed by atoms with van der Waals surface area (Å²) in [6.07, 6.45) is 3.40. The normalized spacial score (nSPS) is 27.6.